The zero-order valence-corrected chi connectivity index (χ0v) is 11.1. The van der Waals surface area contributed by atoms with Crippen LogP contribution in [-0.2, 0) is 9.59 Å². The molecule has 1 aromatic carbocycles. The molecule has 5 heteroatoms. The molecule has 2 rings (SSSR count). The van der Waals surface area contributed by atoms with Crippen LogP contribution < -0.4 is 4.90 Å². The standard InChI is InChI=1S/C12H13NO2S2/c1-8(14)17-9-6-12(15)13(7-9)10-4-2-3-5-11(10)16/h2-5,9,16H,6-7H2,1H3. The van der Waals surface area contributed by atoms with Crippen LogP contribution >= 0.6 is 24.4 Å². The number of carbonyl (C=O) groups is 2. The highest BCUT2D eigenvalue weighted by Crippen LogP contribution is 2.31. The molecule has 1 amide bonds. The number of hydrogen-bond acceptors (Lipinski definition) is 4. The number of para-hydroxylation sites is 1. The average Bonchev–Trinajstić information content (AvgIpc) is 2.59. The number of nitrogens with zero attached hydrogens (tertiary/aromatic N) is 1. The largest absolute Gasteiger partial charge is 0.310 e. The first-order valence-corrected chi connectivity index (χ1v) is 6.66. The van der Waals surface area contributed by atoms with E-state index in [1.165, 1.54) is 18.7 Å². The van der Waals surface area contributed by atoms with Crippen LogP contribution in [0.5, 0.6) is 0 Å². The number of hydrogen-bond donors (Lipinski definition) is 1. The first-order valence-electron chi connectivity index (χ1n) is 5.33. The van der Waals surface area contributed by atoms with Crippen LogP contribution in [-0.4, -0.2) is 22.8 Å². The molecule has 3 nitrogen and oxygen atoms in total. The third-order valence-corrected chi connectivity index (χ3v) is 3.95. The zero-order chi connectivity index (χ0) is 12.4. The van der Waals surface area contributed by atoms with E-state index in [9.17, 15) is 9.59 Å². The van der Waals surface area contributed by atoms with Gasteiger partial charge in [0.1, 0.15) is 0 Å². The third-order valence-electron chi connectivity index (χ3n) is 2.59. The summed E-state index contributed by atoms with van der Waals surface area (Å²) < 4.78 is 0. The highest BCUT2D eigenvalue weighted by molar-refractivity contribution is 8.14. The van der Waals surface area contributed by atoms with Crippen molar-refractivity contribution in [2.45, 2.75) is 23.5 Å². The quantitative estimate of drug-likeness (QED) is 0.836. The number of thiol groups is 1. The van der Waals surface area contributed by atoms with Crippen molar-refractivity contribution in [1.82, 2.24) is 0 Å². The Labute approximate surface area is 110 Å². The van der Waals surface area contributed by atoms with Crippen LogP contribution in [0.15, 0.2) is 29.2 Å². The molecule has 1 aliphatic rings. The smallest absolute Gasteiger partial charge is 0.228 e. The fourth-order valence-corrected chi connectivity index (χ4v) is 3.11. The van der Waals surface area contributed by atoms with Gasteiger partial charge in [-0.15, -0.1) is 12.6 Å². The summed E-state index contributed by atoms with van der Waals surface area (Å²) in [6.07, 6.45) is 0.423. The van der Waals surface area contributed by atoms with Crippen molar-refractivity contribution >= 4 is 41.1 Å². The summed E-state index contributed by atoms with van der Waals surface area (Å²) in [6.45, 7) is 2.12. The molecule has 1 saturated heterocycles. The summed E-state index contributed by atoms with van der Waals surface area (Å²) in [6, 6.07) is 7.50. The number of carbonyl (C=O) groups excluding carboxylic acids is 2. The first kappa shape index (κ1) is 12.5. The lowest BCUT2D eigenvalue weighted by Crippen LogP contribution is -2.25. The Morgan fingerprint density at radius 1 is 1.47 bits per heavy atom. The zero-order valence-electron chi connectivity index (χ0n) is 9.42. The van der Waals surface area contributed by atoms with Gasteiger partial charge in [-0.2, -0.15) is 0 Å². The second-order valence-corrected chi connectivity index (χ2v) is 5.89. The van der Waals surface area contributed by atoms with E-state index in [0.29, 0.717) is 13.0 Å². The molecule has 17 heavy (non-hydrogen) atoms. The lowest BCUT2D eigenvalue weighted by atomic mass is 10.3. The van der Waals surface area contributed by atoms with Crippen LogP contribution in [0.3, 0.4) is 0 Å². The number of benzene rings is 1. The van der Waals surface area contributed by atoms with Gasteiger partial charge in [-0.25, -0.2) is 0 Å². The Morgan fingerprint density at radius 3 is 2.82 bits per heavy atom. The normalized spacial score (nSPS) is 19.8. The molecule has 1 fully saturated rings. The van der Waals surface area contributed by atoms with Crippen LogP contribution in [0.2, 0.25) is 0 Å². The van der Waals surface area contributed by atoms with E-state index in [2.05, 4.69) is 12.6 Å². The molecule has 0 aliphatic carbocycles. The second-order valence-electron chi connectivity index (χ2n) is 3.93. The molecular weight excluding hydrogens is 254 g/mol. The van der Waals surface area contributed by atoms with Crippen molar-refractivity contribution < 1.29 is 9.59 Å². The maximum Gasteiger partial charge on any atom is 0.228 e. The fraction of sp³-hybridized carbons (Fsp3) is 0.333. The molecule has 0 N–H and O–H groups in total. The summed E-state index contributed by atoms with van der Waals surface area (Å²) in [4.78, 5) is 25.4. The van der Waals surface area contributed by atoms with E-state index in [1.54, 1.807) is 4.90 Å². The Balaban J connectivity index is 2.16. The van der Waals surface area contributed by atoms with Crippen LogP contribution in [0.1, 0.15) is 13.3 Å². The maximum absolute atomic E-state index is 11.9. The molecule has 1 aliphatic heterocycles. The fourth-order valence-electron chi connectivity index (χ4n) is 1.91. The first-order chi connectivity index (χ1) is 8.08. The van der Waals surface area contributed by atoms with E-state index < -0.39 is 0 Å². The predicted octanol–water partition coefficient (Wildman–Crippen LogP) is 2.36. The monoisotopic (exact) mass is 267 g/mol. The van der Waals surface area contributed by atoms with Crippen molar-refractivity contribution in [3.63, 3.8) is 0 Å². The van der Waals surface area contributed by atoms with Crippen molar-refractivity contribution in [2.24, 2.45) is 0 Å². The molecule has 0 spiro atoms. The van der Waals surface area contributed by atoms with Gasteiger partial charge in [0.25, 0.3) is 0 Å². The highest BCUT2D eigenvalue weighted by Gasteiger charge is 2.32. The van der Waals surface area contributed by atoms with Gasteiger partial charge in [0.15, 0.2) is 5.12 Å². The molecule has 1 heterocycles. The van der Waals surface area contributed by atoms with E-state index in [1.807, 2.05) is 24.3 Å². The van der Waals surface area contributed by atoms with Gasteiger partial charge >= 0.3 is 0 Å². The minimum atomic E-state index is 0.0591. The minimum absolute atomic E-state index is 0.0591. The lowest BCUT2D eigenvalue weighted by Gasteiger charge is -2.18. The van der Waals surface area contributed by atoms with E-state index in [4.69, 9.17) is 0 Å². The van der Waals surface area contributed by atoms with Crippen molar-refractivity contribution in [2.75, 3.05) is 11.4 Å². The average molecular weight is 267 g/mol. The molecule has 0 saturated carbocycles. The summed E-state index contributed by atoms with van der Waals surface area (Å²) >= 11 is 5.59. The molecule has 0 bridgehead atoms. The van der Waals surface area contributed by atoms with Gasteiger partial charge in [0.2, 0.25) is 5.91 Å². The number of anilines is 1. The number of rotatable bonds is 2. The second kappa shape index (κ2) is 5.14. The molecule has 1 unspecified atom stereocenters. The SMILES string of the molecule is CC(=O)SC1CC(=O)N(c2ccccc2S)C1. The molecule has 1 aromatic rings. The van der Waals surface area contributed by atoms with Gasteiger partial charge in [-0.3, -0.25) is 9.59 Å². The van der Waals surface area contributed by atoms with Gasteiger partial charge in [0.05, 0.1) is 5.69 Å². The van der Waals surface area contributed by atoms with E-state index >= 15 is 0 Å². The molecular formula is C12H13NO2S2. The maximum atomic E-state index is 11.9. The van der Waals surface area contributed by atoms with Crippen LogP contribution in [0.25, 0.3) is 0 Å². The molecule has 0 radical (unpaired) electrons. The van der Waals surface area contributed by atoms with Gasteiger partial charge in [-0.1, -0.05) is 23.9 Å². The van der Waals surface area contributed by atoms with Crippen molar-refractivity contribution in [3.05, 3.63) is 24.3 Å². The van der Waals surface area contributed by atoms with E-state index in [-0.39, 0.29) is 16.3 Å². The van der Waals surface area contributed by atoms with Gasteiger partial charge in [0, 0.05) is 30.0 Å². The summed E-state index contributed by atoms with van der Waals surface area (Å²) in [7, 11) is 0. The summed E-state index contributed by atoms with van der Waals surface area (Å²) in [5.41, 5.74) is 0.826. The minimum Gasteiger partial charge on any atom is -0.310 e. The number of amides is 1. The number of thioether (sulfide) groups is 1. The Hall–Kier alpha value is -0.940. The van der Waals surface area contributed by atoms with Crippen molar-refractivity contribution in [3.8, 4) is 0 Å². The van der Waals surface area contributed by atoms with Gasteiger partial charge in [-0.05, 0) is 12.1 Å². The molecule has 0 aromatic heterocycles. The summed E-state index contributed by atoms with van der Waals surface area (Å²) in [5.74, 6) is 0.0604. The predicted molar refractivity (Wildman–Crippen MR) is 72.7 cm³/mol. The molecule has 90 valence electrons. The van der Waals surface area contributed by atoms with E-state index in [0.717, 1.165) is 10.6 Å². The highest BCUT2D eigenvalue weighted by atomic mass is 32.2. The van der Waals surface area contributed by atoms with Crippen molar-refractivity contribution in [1.29, 1.82) is 0 Å². The Morgan fingerprint density at radius 2 is 2.18 bits per heavy atom. The topological polar surface area (TPSA) is 37.4 Å². The van der Waals surface area contributed by atoms with Crippen LogP contribution in [0, 0.1) is 0 Å². The Bertz CT molecular complexity index is 462. The van der Waals surface area contributed by atoms with Gasteiger partial charge < -0.3 is 4.90 Å². The van der Waals surface area contributed by atoms with Crippen LogP contribution in [0.4, 0.5) is 5.69 Å². The Kier molecular flexibility index (Phi) is 3.79. The third kappa shape index (κ3) is 2.84. The summed E-state index contributed by atoms with van der Waals surface area (Å²) in [5, 5.41) is 0.122. The molecule has 1 atom stereocenters. The lowest BCUT2D eigenvalue weighted by molar-refractivity contribution is -0.117.